The maximum Gasteiger partial charge on any atom is 0.329 e. The number of nitrogens with one attached hydrogen (secondary N) is 1. The van der Waals surface area contributed by atoms with Gasteiger partial charge in [-0.3, -0.25) is 14.1 Å². The lowest BCUT2D eigenvalue weighted by molar-refractivity contribution is 0.509. The summed E-state index contributed by atoms with van der Waals surface area (Å²) in [5.74, 6) is 0.737. The summed E-state index contributed by atoms with van der Waals surface area (Å²) in [5, 5.41) is 4.50. The van der Waals surface area contributed by atoms with E-state index in [1.54, 1.807) is 10.8 Å². The third-order valence-electron chi connectivity index (χ3n) is 5.77. The first-order valence-electron chi connectivity index (χ1n) is 9.82. The molecule has 1 aliphatic rings. The van der Waals surface area contributed by atoms with Crippen molar-refractivity contribution in [3.63, 3.8) is 0 Å². The molecule has 0 bridgehead atoms. The van der Waals surface area contributed by atoms with Crippen molar-refractivity contribution in [2.24, 2.45) is 7.05 Å². The van der Waals surface area contributed by atoms with Gasteiger partial charge >= 0.3 is 5.69 Å². The van der Waals surface area contributed by atoms with Crippen molar-refractivity contribution in [2.45, 2.75) is 38.6 Å². The summed E-state index contributed by atoms with van der Waals surface area (Å²) < 4.78 is 3.67. The van der Waals surface area contributed by atoms with E-state index in [1.807, 2.05) is 48.9 Å². The zero-order valence-electron chi connectivity index (χ0n) is 16.1. The van der Waals surface area contributed by atoms with Gasteiger partial charge in [0.05, 0.1) is 28.4 Å². The molecule has 4 aromatic rings. The number of benzene rings is 1. The molecule has 0 spiro atoms. The third kappa shape index (κ3) is 2.68. The van der Waals surface area contributed by atoms with Crippen LogP contribution in [0.1, 0.15) is 37.4 Å². The minimum atomic E-state index is 0.0473. The van der Waals surface area contributed by atoms with E-state index >= 15 is 0 Å². The monoisotopic (exact) mass is 373 g/mol. The molecule has 1 aliphatic carbocycles. The second-order valence-corrected chi connectivity index (χ2v) is 7.66. The van der Waals surface area contributed by atoms with Crippen LogP contribution < -0.4 is 11.0 Å². The van der Waals surface area contributed by atoms with Crippen LogP contribution in [0.3, 0.4) is 0 Å². The summed E-state index contributed by atoms with van der Waals surface area (Å²) in [6.45, 7) is 1.99. The van der Waals surface area contributed by atoms with E-state index in [0.29, 0.717) is 0 Å². The number of hydrogen-bond donors (Lipinski definition) is 1. The molecule has 3 aromatic heterocycles. The fourth-order valence-corrected chi connectivity index (χ4v) is 4.39. The number of nitrogens with zero attached hydrogens (tertiary/aromatic N) is 4. The number of imidazole rings is 1. The zero-order chi connectivity index (χ0) is 19.3. The van der Waals surface area contributed by atoms with E-state index in [4.69, 9.17) is 0 Å². The number of aryl methyl sites for hydroxylation is 2. The van der Waals surface area contributed by atoms with Gasteiger partial charge in [-0.1, -0.05) is 31.0 Å². The molecule has 0 atom stereocenters. The third-order valence-corrected chi connectivity index (χ3v) is 5.77. The molecule has 0 aliphatic heterocycles. The topological polar surface area (TPSA) is 64.7 Å². The molecule has 28 heavy (non-hydrogen) atoms. The Hall–Kier alpha value is -3.15. The van der Waals surface area contributed by atoms with E-state index in [2.05, 4.69) is 21.4 Å². The Morgan fingerprint density at radius 2 is 1.89 bits per heavy atom. The van der Waals surface area contributed by atoms with Gasteiger partial charge in [-0.2, -0.15) is 0 Å². The number of pyridine rings is 2. The van der Waals surface area contributed by atoms with Gasteiger partial charge in [0, 0.05) is 30.2 Å². The summed E-state index contributed by atoms with van der Waals surface area (Å²) in [6, 6.07) is 12.4. The maximum absolute atomic E-state index is 12.8. The van der Waals surface area contributed by atoms with Crippen LogP contribution in [0.4, 0.5) is 11.5 Å². The Bertz CT molecular complexity index is 1250. The number of fused-ring (bicyclic) bond motifs is 2. The van der Waals surface area contributed by atoms with Crippen molar-refractivity contribution >= 4 is 33.4 Å². The van der Waals surface area contributed by atoms with Gasteiger partial charge in [0.1, 0.15) is 5.82 Å². The molecule has 1 fully saturated rings. The second kappa shape index (κ2) is 6.48. The van der Waals surface area contributed by atoms with Crippen LogP contribution in [0.2, 0.25) is 0 Å². The Balaban J connectivity index is 1.63. The maximum atomic E-state index is 12.8. The Kier molecular flexibility index (Phi) is 3.93. The quantitative estimate of drug-likeness (QED) is 0.576. The van der Waals surface area contributed by atoms with Crippen LogP contribution in [0.15, 0.2) is 47.4 Å². The Morgan fingerprint density at radius 3 is 2.71 bits per heavy atom. The number of rotatable bonds is 3. The van der Waals surface area contributed by atoms with Crippen molar-refractivity contribution in [2.75, 3.05) is 5.32 Å². The molecular formula is C22H23N5O. The van der Waals surface area contributed by atoms with Gasteiger partial charge in [0.25, 0.3) is 0 Å². The molecule has 1 saturated carbocycles. The molecule has 1 aromatic carbocycles. The summed E-state index contributed by atoms with van der Waals surface area (Å²) in [6.07, 6.45) is 6.30. The highest BCUT2D eigenvalue weighted by Crippen LogP contribution is 2.32. The lowest BCUT2D eigenvalue weighted by Gasteiger charge is -2.13. The average Bonchev–Trinajstić information content (AvgIpc) is 3.29. The first-order chi connectivity index (χ1) is 13.6. The van der Waals surface area contributed by atoms with E-state index in [0.717, 1.165) is 52.0 Å². The molecule has 3 heterocycles. The molecule has 0 amide bonds. The van der Waals surface area contributed by atoms with Gasteiger partial charge in [-0.25, -0.2) is 9.78 Å². The van der Waals surface area contributed by atoms with Crippen LogP contribution in [0, 0.1) is 6.92 Å². The number of aromatic nitrogens is 4. The first kappa shape index (κ1) is 17.0. The lowest BCUT2D eigenvalue weighted by atomic mass is 10.1. The first-order valence-corrected chi connectivity index (χ1v) is 9.82. The van der Waals surface area contributed by atoms with E-state index in [1.165, 1.54) is 12.8 Å². The van der Waals surface area contributed by atoms with Crippen LogP contribution in [0.25, 0.3) is 21.9 Å². The molecule has 142 valence electrons. The smallest absolute Gasteiger partial charge is 0.329 e. The summed E-state index contributed by atoms with van der Waals surface area (Å²) in [7, 11) is 1.82. The fraction of sp³-hybridized carbons (Fsp3) is 0.318. The number of anilines is 2. The van der Waals surface area contributed by atoms with Crippen molar-refractivity contribution in [1.82, 2.24) is 19.1 Å². The minimum Gasteiger partial charge on any atom is -0.340 e. The van der Waals surface area contributed by atoms with Gasteiger partial charge in [-0.05, 0) is 31.9 Å². The van der Waals surface area contributed by atoms with E-state index < -0.39 is 0 Å². The highest BCUT2D eigenvalue weighted by atomic mass is 16.1. The van der Waals surface area contributed by atoms with E-state index in [-0.39, 0.29) is 11.7 Å². The van der Waals surface area contributed by atoms with Crippen molar-refractivity contribution in [1.29, 1.82) is 0 Å². The summed E-state index contributed by atoms with van der Waals surface area (Å²) in [4.78, 5) is 22.0. The van der Waals surface area contributed by atoms with Crippen LogP contribution >= 0.6 is 0 Å². The SMILES string of the molecule is Cc1cc(Nc2cc3c(cn2)n(C)c(=O)n3C2CCCC2)c2ccccc2n1. The molecule has 6 heteroatoms. The van der Waals surface area contributed by atoms with E-state index in [9.17, 15) is 4.79 Å². The van der Waals surface area contributed by atoms with Crippen molar-refractivity contribution in [3.05, 3.63) is 58.8 Å². The lowest BCUT2D eigenvalue weighted by Crippen LogP contribution is -2.24. The highest BCUT2D eigenvalue weighted by molar-refractivity contribution is 5.93. The Morgan fingerprint density at radius 1 is 1.11 bits per heavy atom. The fourth-order valence-electron chi connectivity index (χ4n) is 4.39. The predicted molar refractivity (Wildman–Crippen MR) is 112 cm³/mol. The van der Waals surface area contributed by atoms with Crippen LogP contribution in [-0.4, -0.2) is 19.1 Å². The number of hydrogen-bond acceptors (Lipinski definition) is 4. The largest absolute Gasteiger partial charge is 0.340 e. The molecule has 5 rings (SSSR count). The second-order valence-electron chi connectivity index (χ2n) is 7.66. The van der Waals surface area contributed by atoms with Gasteiger partial charge in [0.2, 0.25) is 0 Å². The minimum absolute atomic E-state index is 0.0473. The average molecular weight is 373 g/mol. The van der Waals surface area contributed by atoms with Crippen LogP contribution in [0.5, 0.6) is 0 Å². The van der Waals surface area contributed by atoms with Gasteiger partial charge in [0.15, 0.2) is 0 Å². The number of para-hydroxylation sites is 1. The summed E-state index contributed by atoms with van der Waals surface area (Å²) in [5.41, 5.74) is 4.75. The standard InChI is InChI=1S/C22H23N5O/c1-14-11-18(16-9-5-6-10-17(16)24-14)25-21-12-19-20(13-23-21)26(2)22(28)27(19)15-7-3-4-8-15/h5-6,9-13,15H,3-4,7-8H2,1-2H3,(H,23,24,25). The molecule has 1 N–H and O–H groups in total. The molecule has 0 radical (unpaired) electrons. The summed E-state index contributed by atoms with van der Waals surface area (Å²) >= 11 is 0. The zero-order valence-corrected chi connectivity index (χ0v) is 16.1. The molecule has 0 unspecified atom stereocenters. The van der Waals surface area contributed by atoms with Crippen LogP contribution in [-0.2, 0) is 7.05 Å². The normalized spacial score (nSPS) is 14.9. The Labute approximate surface area is 162 Å². The highest BCUT2D eigenvalue weighted by Gasteiger charge is 2.23. The predicted octanol–water partition coefficient (Wildman–Crippen LogP) is 4.45. The van der Waals surface area contributed by atoms with Gasteiger partial charge < -0.3 is 5.32 Å². The molecular weight excluding hydrogens is 350 g/mol. The molecule has 0 saturated heterocycles. The molecule has 6 nitrogen and oxygen atoms in total. The van der Waals surface area contributed by atoms with Gasteiger partial charge in [-0.15, -0.1) is 0 Å². The van der Waals surface area contributed by atoms with Crippen molar-refractivity contribution in [3.8, 4) is 0 Å². The van der Waals surface area contributed by atoms with Crippen molar-refractivity contribution < 1.29 is 0 Å².